The third-order valence-electron chi connectivity index (χ3n) is 2.39. The van der Waals surface area contributed by atoms with Gasteiger partial charge in [-0.25, -0.2) is 19.2 Å². The second kappa shape index (κ2) is 5.31. The van der Waals surface area contributed by atoms with Gasteiger partial charge in [0, 0.05) is 11.9 Å². The molecular formula is C12H9BrFN3O2. The number of carboxylic acids is 1. The maximum atomic E-state index is 13.1. The first-order valence-corrected chi connectivity index (χ1v) is 6.05. The second-order valence-corrected chi connectivity index (χ2v) is 4.61. The molecular weight excluding hydrogens is 317 g/mol. The van der Waals surface area contributed by atoms with Crippen molar-refractivity contribution in [3.05, 3.63) is 45.9 Å². The van der Waals surface area contributed by atoms with Crippen molar-refractivity contribution < 1.29 is 14.3 Å². The summed E-state index contributed by atoms with van der Waals surface area (Å²) in [6.45, 7) is 1.58. The molecule has 0 aliphatic rings. The molecule has 0 aliphatic heterocycles. The molecule has 7 heteroatoms. The van der Waals surface area contributed by atoms with E-state index in [2.05, 4.69) is 31.2 Å². The van der Waals surface area contributed by atoms with Crippen LogP contribution in [0.15, 0.2) is 28.9 Å². The van der Waals surface area contributed by atoms with Crippen molar-refractivity contribution in [2.24, 2.45) is 0 Å². The number of hydrogen-bond acceptors (Lipinski definition) is 4. The lowest BCUT2D eigenvalue weighted by Gasteiger charge is -2.07. The Morgan fingerprint density at radius 3 is 2.79 bits per heavy atom. The number of carboxylic acid groups (broad SMARTS) is 1. The molecule has 2 N–H and O–H groups in total. The van der Waals surface area contributed by atoms with Crippen molar-refractivity contribution in [1.29, 1.82) is 0 Å². The molecule has 19 heavy (non-hydrogen) atoms. The smallest absolute Gasteiger partial charge is 0.339 e. The fourth-order valence-electron chi connectivity index (χ4n) is 1.44. The molecule has 0 fully saturated rings. The van der Waals surface area contributed by atoms with Crippen LogP contribution in [-0.2, 0) is 0 Å². The van der Waals surface area contributed by atoms with Gasteiger partial charge >= 0.3 is 5.97 Å². The molecule has 0 atom stereocenters. The van der Waals surface area contributed by atoms with Crippen molar-refractivity contribution in [1.82, 2.24) is 9.97 Å². The van der Waals surface area contributed by atoms with Gasteiger partial charge in [-0.1, -0.05) is 0 Å². The highest BCUT2D eigenvalue weighted by molar-refractivity contribution is 9.10. The molecule has 2 aromatic rings. The van der Waals surface area contributed by atoms with Crippen LogP contribution in [0, 0.1) is 12.7 Å². The summed E-state index contributed by atoms with van der Waals surface area (Å²) in [5, 5.41) is 11.7. The molecule has 0 unspecified atom stereocenters. The minimum absolute atomic E-state index is 0.0471. The minimum Gasteiger partial charge on any atom is -0.478 e. The van der Waals surface area contributed by atoms with Crippen LogP contribution in [-0.4, -0.2) is 21.0 Å². The number of carbonyl (C=O) groups is 1. The van der Waals surface area contributed by atoms with Crippen molar-refractivity contribution in [2.45, 2.75) is 6.92 Å². The third-order valence-corrected chi connectivity index (χ3v) is 2.99. The summed E-state index contributed by atoms with van der Waals surface area (Å²) in [5.74, 6) is -1.20. The molecule has 1 aromatic carbocycles. The summed E-state index contributed by atoms with van der Waals surface area (Å²) in [6, 6.07) is 4.37. The Bertz CT molecular complexity index is 649. The average Bonchev–Trinajstić information content (AvgIpc) is 2.33. The molecule has 0 radical (unpaired) electrons. The summed E-state index contributed by atoms with van der Waals surface area (Å²) in [4.78, 5) is 18.8. The van der Waals surface area contributed by atoms with Gasteiger partial charge in [-0.3, -0.25) is 0 Å². The molecule has 0 bridgehead atoms. The Balaban J connectivity index is 2.26. The van der Waals surface area contributed by atoms with Crippen molar-refractivity contribution in [3.63, 3.8) is 0 Å². The Morgan fingerprint density at radius 2 is 2.21 bits per heavy atom. The summed E-state index contributed by atoms with van der Waals surface area (Å²) >= 11 is 3.07. The predicted molar refractivity (Wildman–Crippen MR) is 71.1 cm³/mol. The average molecular weight is 326 g/mol. The molecule has 5 nitrogen and oxygen atoms in total. The van der Waals surface area contributed by atoms with Gasteiger partial charge in [0.1, 0.15) is 5.82 Å². The lowest BCUT2D eigenvalue weighted by atomic mass is 10.2. The van der Waals surface area contributed by atoms with Gasteiger partial charge in [-0.05, 0) is 41.1 Å². The number of nitrogens with zero attached hydrogens (tertiary/aromatic N) is 2. The zero-order chi connectivity index (χ0) is 14.0. The Kier molecular flexibility index (Phi) is 3.75. The Labute approximate surface area is 116 Å². The van der Waals surface area contributed by atoms with E-state index in [0.29, 0.717) is 15.9 Å². The van der Waals surface area contributed by atoms with E-state index < -0.39 is 5.97 Å². The number of anilines is 2. The van der Waals surface area contributed by atoms with E-state index in [4.69, 9.17) is 5.11 Å². The van der Waals surface area contributed by atoms with E-state index in [1.165, 1.54) is 18.3 Å². The summed E-state index contributed by atoms with van der Waals surface area (Å²) < 4.78 is 13.4. The van der Waals surface area contributed by atoms with Crippen LogP contribution in [0.5, 0.6) is 0 Å². The van der Waals surface area contributed by atoms with Gasteiger partial charge < -0.3 is 10.4 Å². The first-order valence-electron chi connectivity index (χ1n) is 5.26. The highest BCUT2D eigenvalue weighted by atomic mass is 79.9. The number of nitrogens with one attached hydrogen (secondary N) is 1. The maximum Gasteiger partial charge on any atom is 0.339 e. The molecule has 0 aliphatic carbocycles. The van der Waals surface area contributed by atoms with Crippen LogP contribution in [0.25, 0.3) is 0 Å². The van der Waals surface area contributed by atoms with Gasteiger partial charge in [-0.2, -0.15) is 0 Å². The van der Waals surface area contributed by atoms with Gasteiger partial charge in [0.15, 0.2) is 0 Å². The highest BCUT2D eigenvalue weighted by Crippen LogP contribution is 2.22. The number of hydrogen-bond donors (Lipinski definition) is 2. The molecule has 0 spiro atoms. The standard InChI is InChI=1S/C12H9BrFN3O2/c1-6-8(11(18)19)5-15-12(16-6)17-7-2-3-10(14)9(13)4-7/h2-5H,1H3,(H,18,19)(H,15,16,17). The Hall–Kier alpha value is -2.02. The van der Waals surface area contributed by atoms with Crippen molar-refractivity contribution in [3.8, 4) is 0 Å². The largest absolute Gasteiger partial charge is 0.478 e. The fourth-order valence-corrected chi connectivity index (χ4v) is 1.82. The first-order chi connectivity index (χ1) is 8.97. The quantitative estimate of drug-likeness (QED) is 0.906. The van der Waals surface area contributed by atoms with Gasteiger partial charge in [-0.15, -0.1) is 0 Å². The van der Waals surface area contributed by atoms with Crippen molar-refractivity contribution >= 4 is 33.5 Å². The van der Waals surface area contributed by atoms with E-state index in [-0.39, 0.29) is 17.3 Å². The van der Waals surface area contributed by atoms with E-state index in [1.807, 2.05) is 0 Å². The number of rotatable bonds is 3. The SMILES string of the molecule is Cc1nc(Nc2ccc(F)c(Br)c2)ncc1C(=O)O. The minimum atomic E-state index is -1.08. The van der Waals surface area contributed by atoms with E-state index in [9.17, 15) is 9.18 Å². The van der Waals surface area contributed by atoms with Crippen molar-refractivity contribution in [2.75, 3.05) is 5.32 Å². The molecule has 0 saturated heterocycles. The number of aromatic carboxylic acids is 1. The van der Waals surface area contributed by atoms with Crippen LogP contribution in [0.4, 0.5) is 16.0 Å². The van der Waals surface area contributed by atoms with Gasteiger partial charge in [0.05, 0.1) is 15.7 Å². The predicted octanol–water partition coefficient (Wildman–Crippen LogP) is 3.13. The number of aryl methyl sites for hydroxylation is 1. The van der Waals surface area contributed by atoms with Crippen LogP contribution in [0.3, 0.4) is 0 Å². The third kappa shape index (κ3) is 3.05. The molecule has 0 amide bonds. The normalized spacial score (nSPS) is 10.3. The van der Waals surface area contributed by atoms with E-state index >= 15 is 0 Å². The van der Waals surface area contributed by atoms with E-state index in [1.54, 1.807) is 13.0 Å². The lowest BCUT2D eigenvalue weighted by Crippen LogP contribution is -2.06. The van der Waals surface area contributed by atoms with Crippen LogP contribution >= 0.6 is 15.9 Å². The van der Waals surface area contributed by atoms with Gasteiger partial charge in [0.2, 0.25) is 5.95 Å². The van der Waals surface area contributed by atoms with Gasteiger partial charge in [0.25, 0.3) is 0 Å². The molecule has 0 saturated carbocycles. The van der Waals surface area contributed by atoms with Crippen LogP contribution < -0.4 is 5.32 Å². The molecule has 98 valence electrons. The molecule has 1 heterocycles. The highest BCUT2D eigenvalue weighted by Gasteiger charge is 2.10. The fraction of sp³-hybridized carbons (Fsp3) is 0.0833. The summed E-state index contributed by atoms with van der Waals surface area (Å²) in [7, 11) is 0. The number of halogens is 2. The second-order valence-electron chi connectivity index (χ2n) is 3.75. The number of aromatic nitrogens is 2. The summed E-state index contributed by atoms with van der Waals surface area (Å²) in [6.07, 6.45) is 1.23. The monoisotopic (exact) mass is 325 g/mol. The number of benzene rings is 1. The zero-order valence-corrected chi connectivity index (χ0v) is 11.4. The Morgan fingerprint density at radius 1 is 1.47 bits per heavy atom. The van der Waals surface area contributed by atoms with Crippen LogP contribution in [0.2, 0.25) is 0 Å². The lowest BCUT2D eigenvalue weighted by molar-refractivity contribution is 0.0695. The molecule has 1 aromatic heterocycles. The molecule has 2 rings (SSSR count). The van der Waals surface area contributed by atoms with Crippen LogP contribution in [0.1, 0.15) is 16.1 Å². The van der Waals surface area contributed by atoms with E-state index in [0.717, 1.165) is 0 Å². The topological polar surface area (TPSA) is 75.1 Å². The zero-order valence-electron chi connectivity index (χ0n) is 9.82. The first kappa shape index (κ1) is 13.4. The maximum absolute atomic E-state index is 13.1. The summed E-state index contributed by atoms with van der Waals surface area (Å²) in [5.41, 5.74) is 0.993.